The molecule has 0 aromatic carbocycles. The van der Waals surface area contributed by atoms with Gasteiger partial charge in [0, 0.05) is 5.54 Å². The summed E-state index contributed by atoms with van der Waals surface area (Å²) in [4.78, 5) is 32.2. The number of rotatable bonds is 1. The number of nitrogens with zero attached hydrogens (tertiary/aromatic N) is 1. The molecule has 0 aliphatic rings. The molecule has 2 heterocycles. The zero-order valence-electron chi connectivity index (χ0n) is 11.7. The Morgan fingerprint density at radius 1 is 1.32 bits per heavy atom. The van der Waals surface area contributed by atoms with Gasteiger partial charge in [0.15, 0.2) is 0 Å². The first-order valence-corrected chi connectivity index (χ1v) is 6.83. The highest BCUT2D eigenvalue weighted by Gasteiger charge is 2.22. The van der Waals surface area contributed by atoms with Gasteiger partial charge >= 0.3 is 0 Å². The van der Waals surface area contributed by atoms with Gasteiger partial charge in [-0.3, -0.25) is 9.59 Å². The zero-order valence-corrected chi connectivity index (χ0v) is 12.5. The molecular weight excluding hydrogens is 262 g/mol. The van der Waals surface area contributed by atoms with Gasteiger partial charge in [0.1, 0.15) is 10.7 Å². The van der Waals surface area contributed by atoms with Crippen molar-refractivity contribution in [1.29, 1.82) is 0 Å². The van der Waals surface area contributed by atoms with Crippen LogP contribution in [0.4, 0.5) is 0 Å². The summed E-state index contributed by atoms with van der Waals surface area (Å²) in [5.74, 6) is 0.395. The Bertz CT molecular complexity index is 707. The van der Waals surface area contributed by atoms with Crippen LogP contribution in [0.3, 0.4) is 0 Å². The first kappa shape index (κ1) is 13.7. The van der Waals surface area contributed by atoms with Crippen LogP contribution in [0.25, 0.3) is 10.2 Å². The van der Waals surface area contributed by atoms with Gasteiger partial charge in [0.2, 0.25) is 0 Å². The second-order valence-corrected chi connectivity index (χ2v) is 6.59. The highest BCUT2D eigenvalue weighted by Crippen LogP contribution is 2.27. The summed E-state index contributed by atoms with van der Waals surface area (Å²) in [7, 11) is 0. The van der Waals surface area contributed by atoms with E-state index in [0.29, 0.717) is 26.5 Å². The molecule has 2 aromatic rings. The second kappa shape index (κ2) is 4.45. The number of carbonyl (C=O) groups is 1. The van der Waals surface area contributed by atoms with Gasteiger partial charge in [0.05, 0.1) is 10.3 Å². The van der Waals surface area contributed by atoms with Crippen molar-refractivity contribution < 1.29 is 4.79 Å². The number of hydrogen-bond acceptors (Lipinski definition) is 4. The Morgan fingerprint density at radius 2 is 1.95 bits per heavy atom. The maximum Gasteiger partial charge on any atom is 0.262 e. The number of fused-ring (bicyclic) bond motifs is 1. The van der Waals surface area contributed by atoms with Gasteiger partial charge in [-0.2, -0.15) is 0 Å². The number of hydrogen-bond donors (Lipinski definition) is 2. The molecule has 5 nitrogen and oxygen atoms in total. The standard InChI is InChI=1S/C13H17N3O2S/c1-6-8-10(17)14-7(2)15-12(8)19-9(6)11(18)16-13(3,4)5/h1-5H3,(H,16,18)(H,14,15,17). The molecule has 2 N–H and O–H groups in total. The molecule has 102 valence electrons. The molecule has 0 aliphatic carbocycles. The van der Waals surface area contributed by atoms with E-state index in [2.05, 4.69) is 15.3 Å². The smallest absolute Gasteiger partial charge is 0.262 e. The Kier molecular flexibility index (Phi) is 3.22. The minimum atomic E-state index is -0.310. The van der Waals surface area contributed by atoms with Crippen molar-refractivity contribution in [2.45, 2.75) is 40.2 Å². The normalized spacial score (nSPS) is 11.8. The van der Waals surface area contributed by atoms with Crippen LogP contribution in [0.5, 0.6) is 0 Å². The molecule has 0 atom stereocenters. The van der Waals surface area contributed by atoms with Crippen LogP contribution in [-0.2, 0) is 0 Å². The lowest BCUT2D eigenvalue weighted by atomic mass is 10.1. The molecule has 0 aliphatic heterocycles. The van der Waals surface area contributed by atoms with Crippen LogP contribution >= 0.6 is 11.3 Å². The van der Waals surface area contributed by atoms with Gasteiger partial charge in [-0.1, -0.05) is 0 Å². The summed E-state index contributed by atoms with van der Waals surface area (Å²) in [6, 6.07) is 0. The summed E-state index contributed by atoms with van der Waals surface area (Å²) >= 11 is 1.26. The average molecular weight is 279 g/mol. The zero-order chi connectivity index (χ0) is 14.4. The first-order valence-electron chi connectivity index (χ1n) is 6.01. The highest BCUT2D eigenvalue weighted by molar-refractivity contribution is 7.20. The van der Waals surface area contributed by atoms with Crippen LogP contribution in [-0.4, -0.2) is 21.4 Å². The third kappa shape index (κ3) is 2.68. The summed E-state index contributed by atoms with van der Waals surface area (Å²) < 4.78 is 0. The van der Waals surface area contributed by atoms with Crippen molar-refractivity contribution in [2.75, 3.05) is 0 Å². The van der Waals surface area contributed by atoms with Gasteiger partial charge in [-0.25, -0.2) is 4.98 Å². The van der Waals surface area contributed by atoms with Crippen LogP contribution < -0.4 is 10.9 Å². The van der Waals surface area contributed by atoms with E-state index < -0.39 is 0 Å². The lowest BCUT2D eigenvalue weighted by Gasteiger charge is -2.20. The molecule has 0 unspecified atom stereocenters. The minimum Gasteiger partial charge on any atom is -0.347 e. The number of carbonyl (C=O) groups excluding carboxylic acids is 1. The van der Waals surface area contributed by atoms with Crippen molar-refractivity contribution in [2.24, 2.45) is 0 Å². The Hall–Kier alpha value is -1.69. The predicted molar refractivity (Wildman–Crippen MR) is 76.9 cm³/mol. The maximum absolute atomic E-state index is 12.2. The Labute approximate surface area is 115 Å². The van der Waals surface area contributed by atoms with Crippen LogP contribution in [0, 0.1) is 13.8 Å². The monoisotopic (exact) mass is 279 g/mol. The number of aromatic nitrogens is 2. The molecule has 0 radical (unpaired) electrons. The summed E-state index contributed by atoms with van der Waals surface area (Å²) in [6.45, 7) is 9.27. The molecular formula is C13H17N3O2S. The van der Waals surface area contributed by atoms with Crippen LogP contribution in [0.2, 0.25) is 0 Å². The minimum absolute atomic E-state index is 0.162. The molecule has 19 heavy (non-hydrogen) atoms. The van der Waals surface area contributed by atoms with Crippen LogP contribution in [0.15, 0.2) is 4.79 Å². The largest absolute Gasteiger partial charge is 0.347 e. The van der Waals surface area contributed by atoms with E-state index in [1.165, 1.54) is 11.3 Å². The fourth-order valence-corrected chi connectivity index (χ4v) is 2.99. The van der Waals surface area contributed by atoms with Crippen molar-refractivity contribution >= 4 is 27.5 Å². The van der Waals surface area contributed by atoms with E-state index in [4.69, 9.17) is 0 Å². The van der Waals surface area contributed by atoms with E-state index >= 15 is 0 Å². The van der Waals surface area contributed by atoms with Crippen molar-refractivity contribution in [3.63, 3.8) is 0 Å². The fourth-order valence-electron chi connectivity index (χ4n) is 1.87. The van der Waals surface area contributed by atoms with Crippen LogP contribution in [0.1, 0.15) is 41.8 Å². The lowest BCUT2D eigenvalue weighted by Crippen LogP contribution is -2.40. The first-order chi connectivity index (χ1) is 8.69. The van der Waals surface area contributed by atoms with E-state index in [0.717, 1.165) is 0 Å². The molecule has 0 saturated heterocycles. The predicted octanol–water partition coefficient (Wildman–Crippen LogP) is 2.13. The average Bonchev–Trinajstić information content (AvgIpc) is 2.53. The topological polar surface area (TPSA) is 74.8 Å². The van der Waals surface area contributed by atoms with E-state index in [-0.39, 0.29) is 17.0 Å². The third-order valence-corrected chi connectivity index (χ3v) is 3.80. The van der Waals surface area contributed by atoms with Crippen molar-refractivity contribution in [1.82, 2.24) is 15.3 Å². The molecule has 0 saturated carbocycles. The number of nitrogens with one attached hydrogen (secondary N) is 2. The summed E-state index contributed by atoms with van der Waals surface area (Å²) in [6.07, 6.45) is 0. The third-order valence-electron chi connectivity index (χ3n) is 2.61. The van der Waals surface area contributed by atoms with E-state index in [1.807, 2.05) is 20.8 Å². The molecule has 2 rings (SSSR count). The van der Waals surface area contributed by atoms with Gasteiger partial charge in [0.25, 0.3) is 11.5 Å². The molecule has 2 aromatic heterocycles. The van der Waals surface area contributed by atoms with E-state index in [9.17, 15) is 9.59 Å². The van der Waals surface area contributed by atoms with Gasteiger partial charge in [-0.05, 0) is 40.2 Å². The number of amides is 1. The molecule has 6 heteroatoms. The fraction of sp³-hybridized carbons (Fsp3) is 0.462. The number of thiophene rings is 1. The Balaban J connectivity index is 2.58. The van der Waals surface area contributed by atoms with Gasteiger partial charge in [-0.15, -0.1) is 11.3 Å². The summed E-state index contributed by atoms with van der Waals surface area (Å²) in [5, 5.41) is 3.41. The number of aryl methyl sites for hydroxylation is 2. The quantitative estimate of drug-likeness (QED) is 0.839. The number of H-pyrrole nitrogens is 1. The molecule has 0 spiro atoms. The highest BCUT2D eigenvalue weighted by atomic mass is 32.1. The molecule has 0 bridgehead atoms. The summed E-state index contributed by atoms with van der Waals surface area (Å²) in [5.41, 5.74) is 0.191. The number of aromatic amines is 1. The molecule has 0 fully saturated rings. The second-order valence-electron chi connectivity index (χ2n) is 5.59. The Morgan fingerprint density at radius 3 is 2.53 bits per heavy atom. The SMILES string of the molecule is Cc1nc2sc(C(=O)NC(C)(C)C)c(C)c2c(=O)[nH]1. The lowest BCUT2D eigenvalue weighted by molar-refractivity contribution is 0.0923. The van der Waals surface area contributed by atoms with E-state index in [1.54, 1.807) is 13.8 Å². The van der Waals surface area contributed by atoms with Crippen molar-refractivity contribution in [3.8, 4) is 0 Å². The van der Waals surface area contributed by atoms with Gasteiger partial charge < -0.3 is 10.3 Å². The molecule has 1 amide bonds. The maximum atomic E-state index is 12.2. The van der Waals surface area contributed by atoms with Crippen molar-refractivity contribution in [3.05, 3.63) is 26.6 Å².